The molecule has 5 heteroatoms. The molecule has 0 heterocycles. The fraction of sp³-hybridized carbons (Fsp3) is 0.455. The Hall–Kier alpha value is 0.420. The van der Waals surface area contributed by atoms with E-state index in [4.69, 9.17) is 4.74 Å². The maximum absolute atomic E-state index is 5.41. The van der Waals surface area contributed by atoms with E-state index in [2.05, 4.69) is 60.0 Å². The fourth-order valence-electron chi connectivity index (χ4n) is 1.21. The molecule has 0 unspecified atom stereocenters. The summed E-state index contributed by atoms with van der Waals surface area (Å²) in [7, 11) is 0. The first kappa shape index (κ1) is 14.5. The molecular weight excluding hydrogens is 402 g/mol. The van der Waals surface area contributed by atoms with Crippen LogP contribution in [0.2, 0.25) is 0 Å². The van der Waals surface area contributed by atoms with Crippen molar-refractivity contribution in [1.82, 2.24) is 0 Å². The number of anilines is 1. The van der Waals surface area contributed by atoms with Gasteiger partial charge in [0, 0.05) is 26.6 Å². The molecule has 0 spiro atoms. The molecule has 90 valence electrons. The maximum Gasteiger partial charge on any atom is 0.0639 e. The third kappa shape index (κ3) is 4.73. The Morgan fingerprint density at radius 1 is 1.12 bits per heavy atom. The van der Waals surface area contributed by atoms with Crippen LogP contribution in [0.4, 0.5) is 5.69 Å². The van der Waals surface area contributed by atoms with Gasteiger partial charge < -0.3 is 10.1 Å². The summed E-state index contributed by atoms with van der Waals surface area (Å²) in [5.74, 6) is 0. The highest BCUT2D eigenvalue weighted by Gasteiger charge is 2.05. The zero-order valence-electron chi connectivity index (χ0n) is 9.03. The number of rotatable bonds is 6. The lowest BCUT2D eigenvalue weighted by Gasteiger charge is -2.11. The SMILES string of the molecule is CCCOCCNc1c(Br)cc(Br)cc1Br. The number of halogens is 3. The van der Waals surface area contributed by atoms with E-state index in [1.807, 2.05) is 12.1 Å². The minimum absolute atomic E-state index is 0.725. The first-order valence-electron chi connectivity index (χ1n) is 5.11. The second-order valence-electron chi connectivity index (χ2n) is 3.28. The number of ether oxygens (including phenoxy) is 1. The Labute approximate surface area is 122 Å². The minimum atomic E-state index is 0.725. The number of nitrogens with one attached hydrogen (secondary N) is 1. The van der Waals surface area contributed by atoms with Crippen LogP contribution in [-0.4, -0.2) is 19.8 Å². The van der Waals surface area contributed by atoms with Crippen molar-refractivity contribution in [3.8, 4) is 0 Å². The van der Waals surface area contributed by atoms with E-state index in [1.165, 1.54) is 0 Å². The van der Waals surface area contributed by atoms with Gasteiger partial charge in [-0.05, 0) is 50.4 Å². The summed E-state index contributed by atoms with van der Waals surface area (Å²) < 4.78 is 8.51. The van der Waals surface area contributed by atoms with Crippen molar-refractivity contribution in [2.45, 2.75) is 13.3 Å². The second kappa shape index (κ2) is 7.69. The van der Waals surface area contributed by atoms with Crippen LogP contribution in [0.5, 0.6) is 0 Å². The van der Waals surface area contributed by atoms with E-state index in [0.29, 0.717) is 0 Å². The van der Waals surface area contributed by atoms with Crippen LogP contribution >= 0.6 is 47.8 Å². The average molecular weight is 416 g/mol. The van der Waals surface area contributed by atoms with Crippen LogP contribution in [0, 0.1) is 0 Å². The van der Waals surface area contributed by atoms with Crippen molar-refractivity contribution in [2.75, 3.05) is 25.1 Å². The molecular formula is C11H14Br3NO. The van der Waals surface area contributed by atoms with Crippen molar-refractivity contribution in [1.29, 1.82) is 0 Å². The molecule has 0 aliphatic carbocycles. The van der Waals surface area contributed by atoms with Crippen molar-refractivity contribution in [3.05, 3.63) is 25.6 Å². The predicted molar refractivity (Wildman–Crippen MR) is 79.1 cm³/mol. The molecule has 0 saturated carbocycles. The molecule has 0 amide bonds. The van der Waals surface area contributed by atoms with Gasteiger partial charge in [0.15, 0.2) is 0 Å². The highest BCUT2D eigenvalue weighted by Crippen LogP contribution is 2.34. The van der Waals surface area contributed by atoms with Gasteiger partial charge in [0.05, 0.1) is 12.3 Å². The van der Waals surface area contributed by atoms with Gasteiger partial charge in [0.1, 0.15) is 0 Å². The van der Waals surface area contributed by atoms with Crippen molar-refractivity contribution >= 4 is 53.5 Å². The molecule has 2 nitrogen and oxygen atoms in total. The van der Waals surface area contributed by atoms with Gasteiger partial charge in [0.2, 0.25) is 0 Å². The fourth-order valence-corrected chi connectivity index (χ4v) is 3.74. The highest BCUT2D eigenvalue weighted by atomic mass is 79.9. The van der Waals surface area contributed by atoms with E-state index in [-0.39, 0.29) is 0 Å². The Morgan fingerprint density at radius 2 is 1.75 bits per heavy atom. The Balaban J connectivity index is 2.47. The van der Waals surface area contributed by atoms with Crippen LogP contribution in [0.15, 0.2) is 25.6 Å². The maximum atomic E-state index is 5.41. The summed E-state index contributed by atoms with van der Waals surface area (Å²) in [5, 5.41) is 3.33. The Kier molecular flexibility index (Phi) is 6.96. The topological polar surface area (TPSA) is 21.3 Å². The average Bonchev–Trinajstić information content (AvgIpc) is 2.20. The Morgan fingerprint density at radius 3 is 2.31 bits per heavy atom. The van der Waals surface area contributed by atoms with Gasteiger partial charge >= 0.3 is 0 Å². The van der Waals surface area contributed by atoms with Crippen LogP contribution in [0.25, 0.3) is 0 Å². The molecule has 0 radical (unpaired) electrons. The normalized spacial score (nSPS) is 10.5. The molecule has 0 saturated heterocycles. The number of hydrogen-bond acceptors (Lipinski definition) is 2. The van der Waals surface area contributed by atoms with E-state index in [0.717, 1.165) is 45.3 Å². The van der Waals surface area contributed by atoms with Gasteiger partial charge in [0.25, 0.3) is 0 Å². The van der Waals surface area contributed by atoms with Crippen LogP contribution in [0.3, 0.4) is 0 Å². The summed E-state index contributed by atoms with van der Waals surface area (Å²) in [6, 6.07) is 4.03. The largest absolute Gasteiger partial charge is 0.381 e. The Bertz CT molecular complexity index is 321. The summed E-state index contributed by atoms with van der Waals surface area (Å²) in [5.41, 5.74) is 1.06. The molecule has 0 aliphatic heterocycles. The van der Waals surface area contributed by atoms with Crippen LogP contribution < -0.4 is 5.32 Å². The summed E-state index contributed by atoms with van der Waals surface area (Å²) in [6.45, 7) is 4.46. The standard InChI is InChI=1S/C11H14Br3NO/c1-2-4-16-5-3-15-11-9(13)6-8(12)7-10(11)14/h6-7,15H,2-5H2,1H3. The lowest BCUT2D eigenvalue weighted by molar-refractivity contribution is 0.144. The molecule has 0 bridgehead atoms. The zero-order valence-corrected chi connectivity index (χ0v) is 13.8. The second-order valence-corrected chi connectivity index (χ2v) is 5.91. The van der Waals surface area contributed by atoms with Gasteiger partial charge in [-0.25, -0.2) is 0 Å². The van der Waals surface area contributed by atoms with Crippen molar-refractivity contribution in [2.24, 2.45) is 0 Å². The third-order valence-electron chi connectivity index (χ3n) is 1.90. The van der Waals surface area contributed by atoms with Gasteiger partial charge in [-0.15, -0.1) is 0 Å². The van der Waals surface area contributed by atoms with E-state index in [9.17, 15) is 0 Å². The molecule has 0 aliphatic rings. The summed E-state index contributed by atoms with van der Waals surface area (Å²) in [4.78, 5) is 0. The van der Waals surface area contributed by atoms with Gasteiger partial charge in [-0.3, -0.25) is 0 Å². The van der Waals surface area contributed by atoms with E-state index < -0.39 is 0 Å². The van der Waals surface area contributed by atoms with E-state index in [1.54, 1.807) is 0 Å². The quantitative estimate of drug-likeness (QED) is 0.673. The highest BCUT2D eigenvalue weighted by molar-refractivity contribution is 9.11. The van der Waals surface area contributed by atoms with Crippen molar-refractivity contribution in [3.63, 3.8) is 0 Å². The monoisotopic (exact) mass is 413 g/mol. The molecule has 1 N–H and O–H groups in total. The smallest absolute Gasteiger partial charge is 0.0639 e. The lowest BCUT2D eigenvalue weighted by Crippen LogP contribution is -2.10. The van der Waals surface area contributed by atoms with Crippen LogP contribution in [0.1, 0.15) is 13.3 Å². The number of hydrogen-bond donors (Lipinski definition) is 1. The molecule has 0 atom stereocenters. The molecule has 1 aromatic rings. The molecule has 1 aromatic carbocycles. The third-order valence-corrected chi connectivity index (χ3v) is 3.61. The van der Waals surface area contributed by atoms with Crippen LogP contribution in [-0.2, 0) is 4.74 Å². The molecule has 0 fully saturated rings. The molecule has 16 heavy (non-hydrogen) atoms. The van der Waals surface area contributed by atoms with E-state index >= 15 is 0 Å². The van der Waals surface area contributed by atoms with Gasteiger partial charge in [-0.2, -0.15) is 0 Å². The van der Waals surface area contributed by atoms with Gasteiger partial charge in [-0.1, -0.05) is 22.9 Å². The first-order chi connectivity index (χ1) is 7.65. The predicted octanol–water partition coefficient (Wildman–Crippen LogP) is 4.81. The summed E-state index contributed by atoms with van der Waals surface area (Å²) in [6.07, 6.45) is 1.06. The first-order valence-corrected chi connectivity index (χ1v) is 7.49. The molecule has 0 aromatic heterocycles. The van der Waals surface area contributed by atoms with Crippen molar-refractivity contribution < 1.29 is 4.74 Å². The number of benzene rings is 1. The zero-order chi connectivity index (χ0) is 12.0. The summed E-state index contributed by atoms with van der Waals surface area (Å²) >= 11 is 10.5. The molecule has 1 rings (SSSR count). The minimum Gasteiger partial charge on any atom is -0.381 e. The lowest BCUT2D eigenvalue weighted by atomic mass is 10.3.